The smallest absolute Gasteiger partial charge is 0.407 e. The van der Waals surface area contributed by atoms with Crippen LogP contribution in [0.4, 0.5) is 4.79 Å². The fourth-order valence-corrected chi connectivity index (χ4v) is 15.4. The first-order valence-electron chi connectivity index (χ1n) is 24.9. The Hall–Kier alpha value is -4.02. The molecule has 0 aliphatic heterocycles. The predicted molar refractivity (Wildman–Crippen MR) is 293 cm³/mol. The van der Waals surface area contributed by atoms with Crippen LogP contribution in [0.5, 0.6) is 11.5 Å². The molecule has 0 bridgehead atoms. The van der Waals surface area contributed by atoms with Gasteiger partial charge in [-0.2, -0.15) is 0 Å². The van der Waals surface area contributed by atoms with Crippen LogP contribution in [0.15, 0.2) is 121 Å². The van der Waals surface area contributed by atoms with Crippen LogP contribution < -0.4 is 25.2 Å². The summed E-state index contributed by atoms with van der Waals surface area (Å²) in [6, 6.07) is 37.3. The third-order valence-corrected chi connectivity index (χ3v) is 28.4. The van der Waals surface area contributed by atoms with E-state index >= 15 is 0 Å². The normalized spacial score (nSPS) is 14.8. The lowest BCUT2D eigenvalue weighted by atomic mass is 9.93. The van der Waals surface area contributed by atoms with Crippen molar-refractivity contribution in [1.82, 2.24) is 5.32 Å². The standard InChI is InChI=1S/C57H87NO8Si3/c1-44(51(66-68(15,16)56(5,6)7)38-39-62-43-46-35-36-52(60-11)53(41-46)61-12)50(64-54(59)58-42-45-27-20-17-21-28-45)34-26-29-47(65-67(13,14)55(2,3)4)37-40-63-69(57(8,9)10,48-30-22-18-23-31-48)49-32-24-19-25-33-49/h17-33,35-36,41,44,47,50-51H,34,37-40,42-43H2,1-16H3,(H,58,59)/b29-26-/t44-,47-,50+,51-/m0/s1. The van der Waals surface area contributed by atoms with E-state index in [2.05, 4.69) is 174 Å². The Kier molecular flexibility index (Phi) is 21.2. The summed E-state index contributed by atoms with van der Waals surface area (Å²) in [5, 5.41) is 5.32. The summed E-state index contributed by atoms with van der Waals surface area (Å²) in [5.41, 5.74) is 1.98. The molecule has 4 aromatic carbocycles. The van der Waals surface area contributed by atoms with Crippen molar-refractivity contribution in [2.75, 3.05) is 27.4 Å². The molecule has 9 nitrogen and oxygen atoms in total. The second-order valence-corrected chi connectivity index (χ2v) is 36.3. The van der Waals surface area contributed by atoms with Crippen molar-refractivity contribution in [1.29, 1.82) is 0 Å². The van der Waals surface area contributed by atoms with E-state index in [9.17, 15) is 4.79 Å². The molecule has 4 atom stereocenters. The highest BCUT2D eigenvalue weighted by atomic mass is 28.4. The first-order valence-corrected chi connectivity index (χ1v) is 32.6. The molecule has 4 rings (SSSR count). The third-order valence-electron chi connectivity index (χ3n) is 14.3. The van der Waals surface area contributed by atoms with Crippen LogP contribution in [0, 0.1) is 5.92 Å². The molecule has 0 aromatic heterocycles. The van der Waals surface area contributed by atoms with E-state index in [1.165, 1.54) is 10.4 Å². The minimum Gasteiger partial charge on any atom is -0.493 e. The zero-order valence-electron chi connectivity index (χ0n) is 45.1. The molecule has 0 heterocycles. The summed E-state index contributed by atoms with van der Waals surface area (Å²) in [7, 11) is -4.05. The van der Waals surface area contributed by atoms with Crippen LogP contribution in [-0.2, 0) is 35.9 Å². The lowest BCUT2D eigenvalue weighted by molar-refractivity contribution is -0.00382. The maximum atomic E-state index is 13.8. The number of ether oxygens (including phenoxy) is 4. The summed E-state index contributed by atoms with van der Waals surface area (Å²) < 4.78 is 45.7. The molecule has 69 heavy (non-hydrogen) atoms. The van der Waals surface area contributed by atoms with Gasteiger partial charge in [0.25, 0.3) is 8.32 Å². The van der Waals surface area contributed by atoms with Gasteiger partial charge in [0.1, 0.15) is 6.10 Å². The molecule has 12 heteroatoms. The fourth-order valence-electron chi connectivity index (χ4n) is 8.11. The van der Waals surface area contributed by atoms with E-state index in [0.29, 0.717) is 57.1 Å². The highest BCUT2D eigenvalue weighted by Crippen LogP contribution is 2.41. The van der Waals surface area contributed by atoms with Gasteiger partial charge in [0.15, 0.2) is 28.1 Å². The molecule has 1 N–H and O–H groups in total. The molecule has 0 radical (unpaired) electrons. The highest BCUT2D eigenvalue weighted by molar-refractivity contribution is 6.99. The number of nitrogens with one attached hydrogen (secondary N) is 1. The van der Waals surface area contributed by atoms with Gasteiger partial charge in [-0.1, -0.05) is 178 Å². The quantitative estimate of drug-likeness (QED) is 0.0399. The molecule has 0 saturated heterocycles. The van der Waals surface area contributed by atoms with E-state index in [0.717, 1.165) is 11.1 Å². The van der Waals surface area contributed by atoms with E-state index in [1.54, 1.807) is 14.2 Å². The van der Waals surface area contributed by atoms with Crippen molar-refractivity contribution in [3.05, 3.63) is 132 Å². The summed E-state index contributed by atoms with van der Waals surface area (Å²) in [6.45, 7) is 33.6. The van der Waals surface area contributed by atoms with Crippen LogP contribution in [0.1, 0.15) is 99.6 Å². The zero-order valence-corrected chi connectivity index (χ0v) is 48.1. The number of carbonyl (C=O) groups excluding carboxylic acids is 1. The second-order valence-electron chi connectivity index (χ2n) is 22.5. The summed E-state index contributed by atoms with van der Waals surface area (Å²) in [6.07, 6.45) is 4.64. The summed E-state index contributed by atoms with van der Waals surface area (Å²) in [5.74, 6) is 1.15. The Morgan fingerprint density at radius 3 is 1.68 bits per heavy atom. The summed E-state index contributed by atoms with van der Waals surface area (Å²) in [4.78, 5) is 13.8. The number of rotatable bonds is 25. The molecule has 380 valence electrons. The van der Waals surface area contributed by atoms with Gasteiger partial charge >= 0.3 is 6.09 Å². The molecule has 1 amide bonds. The number of amides is 1. The van der Waals surface area contributed by atoms with Crippen LogP contribution in [0.3, 0.4) is 0 Å². The van der Waals surface area contributed by atoms with Gasteiger partial charge in [-0.05, 0) is 87.8 Å². The number of alkyl carbamates (subject to hydrolysis) is 1. The van der Waals surface area contributed by atoms with Crippen LogP contribution >= 0.6 is 0 Å². The molecule has 0 aliphatic rings. The van der Waals surface area contributed by atoms with Gasteiger partial charge in [0.05, 0.1) is 33.0 Å². The first-order chi connectivity index (χ1) is 32.3. The summed E-state index contributed by atoms with van der Waals surface area (Å²) >= 11 is 0. The lowest BCUT2D eigenvalue weighted by Crippen LogP contribution is -2.66. The fraction of sp³-hybridized carbons (Fsp3) is 0.526. The minimum atomic E-state index is -2.78. The van der Waals surface area contributed by atoms with Gasteiger partial charge in [-0.15, -0.1) is 0 Å². The maximum Gasteiger partial charge on any atom is 0.407 e. The second kappa shape index (κ2) is 25.4. The van der Waals surface area contributed by atoms with E-state index in [-0.39, 0.29) is 33.2 Å². The van der Waals surface area contributed by atoms with E-state index in [4.69, 9.17) is 32.2 Å². The third kappa shape index (κ3) is 16.3. The Morgan fingerprint density at radius 2 is 1.16 bits per heavy atom. The Morgan fingerprint density at radius 1 is 0.623 bits per heavy atom. The van der Waals surface area contributed by atoms with Crippen molar-refractivity contribution in [2.24, 2.45) is 5.92 Å². The Balaban J connectivity index is 1.66. The Labute approximate surface area is 420 Å². The molecule has 0 spiro atoms. The predicted octanol–water partition coefficient (Wildman–Crippen LogP) is 13.2. The van der Waals surface area contributed by atoms with E-state index < -0.39 is 37.1 Å². The first kappa shape index (κ1) is 57.6. The number of benzene rings is 4. The van der Waals surface area contributed by atoms with Crippen LogP contribution in [0.25, 0.3) is 0 Å². The van der Waals surface area contributed by atoms with E-state index in [1.807, 2.05) is 48.5 Å². The molecule has 0 unspecified atom stereocenters. The molecule has 0 aliphatic carbocycles. The van der Waals surface area contributed by atoms with Gasteiger partial charge < -0.3 is 37.5 Å². The molecule has 0 saturated carbocycles. The Bertz CT molecular complexity index is 2130. The average molecular weight is 999 g/mol. The van der Waals surface area contributed by atoms with Crippen molar-refractivity contribution in [3.63, 3.8) is 0 Å². The van der Waals surface area contributed by atoms with Gasteiger partial charge in [0.2, 0.25) is 0 Å². The highest BCUT2D eigenvalue weighted by Gasteiger charge is 2.50. The van der Waals surface area contributed by atoms with Crippen molar-refractivity contribution >= 4 is 41.4 Å². The topological polar surface area (TPSA) is 93.7 Å². The van der Waals surface area contributed by atoms with Crippen molar-refractivity contribution < 1.29 is 37.0 Å². The average Bonchev–Trinajstić information content (AvgIpc) is 3.29. The van der Waals surface area contributed by atoms with Crippen LogP contribution in [-0.4, -0.2) is 76.8 Å². The number of hydrogen-bond acceptors (Lipinski definition) is 8. The molecular weight excluding hydrogens is 911 g/mol. The minimum absolute atomic E-state index is 0.00916. The molecule has 0 fully saturated rings. The van der Waals surface area contributed by atoms with Crippen LogP contribution in [0.2, 0.25) is 41.3 Å². The molecular formula is C57H87NO8Si3. The van der Waals surface area contributed by atoms with Crippen molar-refractivity contribution in [2.45, 2.75) is 161 Å². The maximum absolute atomic E-state index is 13.8. The largest absolute Gasteiger partial charge is 0.493 e. The number of methoxy groups -OCH3 is 2. The van der Waals surface area contributed by atoms with Gasteiger partial charge in [-0.25, -0.2) is 4.79 Å². The zero-order chi connectivity index (χ0) is 51.1. The number of hydrogen-bond donors (Lipinski definition) is 1. The van der Waals surface area contributed by atoms with Gasteiger partial charge in [0, 0.05) is 32.1 Å². The lowest BCUT2D eigenvalue weighted by Gasteiger charge is -2.43. The SMILES string of the molecule is COc1ccc(COCC[C@H](O[Si](C)(C)C(C)(C)C)[C@@H](C)[C@@H](C/C=C\[C@@H](CCO[Si](c2ccccc2)(c2ccccc2)C(C)(C)C)O[Si](C)(C)C(C)(C)C)OC(=O)NCc2ccccc2)cc1OC. The number of carbonyl (C=O) groups is 1. The van der Waals surface area contributed by atoms with Crippen molar-refractivity contribution in [3.8, 4) is 11.5 Å². The molecule has 4 aromatic rings. The monoisotopic (exact) mass is 998 g/mol. The van der Waals surface area contributed by atoms with Gasteiger partial charge in [-0.3, -0.25) is 0 Å².